The molecule has 128 valence electrons. The predicted molar refractivity (Wildman–Crippen MR) is 91.0 cm³/mol. The number of carbonyl (C=O) groups excluding carboxylic acids is 1. The molecule has 1 N–H and O–H groups in total. The quantitative estimate of drug-likeness (QED) is 0.867. The molecule has 1 saturated carbocycles. The molecule has 3 rings (SSSR count). The second kappa shape index (κ2) is 7.45. The topological polar surface area (TPSA) is 49.8 Å². The summed E-state index contributed by atoms with van der Waals surface area (Å²) in [6.45, 7) is 1.69. The van der Waals surface area contributed by atoms with Crippen molar-refractivity contribution in [2.45, 2.75) is 51.2 Å². The van der Waals surface area contributed by atoms with Gasteiger partial charge in [-0.1, -0.05) is 50.6 Å². The average Bonchev–Trinajstić information content (AvgIpc) is 3.19. The summed E-state index contributed by atoms with van der Waals surface area (Å²) in [5.74, 6) is -0.507. The van der Waals surface area contributed by atoms with E-state index in [1.807, 2.05) is 37.4 Å². The first kappa shape index (κ1) is 18.0. The van der Waals surface area contributed by atoms with Gasteiger partial charge < -0.3 is 14.7 Å². The highest BCUT2D eigenvalue weighted by molar-refractivity contribution is 5.81. The molecule has 1 saturated heterocycles. The first-order valence-electron chi connectivity index (χ1n) is 8.28. The number of likely N-dealkylation sites (N-methyl/N-ethyl adjacent to an activating group) is 1. The van der Waals surface area contributed by atoms with Crippen LogP contribution in [0.3, 0.4) is 0 Å². The Morgan fingerprint density at radius 1 is 1.22 bits per heavy atom. The molecule has 0 bridgehead atoms. The fourth-order valence-electron chi connectivity index (χ4n) is 3.79. The van der Waals surface area contributed by atoms with Crippen molar-refractivity contribution < 1.29 is 14.6 Å². The molecular weight excluding hydrogens is 290 g/mol. The zero-order chi connectivity index (χ0) is 15.6. The summed E-state index contributed by atoms with van der Waals surface area (Å²) >= 11 is 0. The molecule has 1 aromatic rings. The van der Waals surface area contributed by atoms with Gasteiger partial charge in [-0.15, -0.1) is 0 Å². The molecule has 1 heterocycles. The third-order valence-electron chi connectivity index (χ3n) is 5.09. The summed E-state index contributed by atoms with van der Waals surface area (Å²) < 4.78 is 5.68. The van der Waals surface area contributed by atoms with Gasteiger partial charge in [0.1, 0.15) is 6.10 Å². The number of ether oxygens (including phenoxy) is 1. The van der Waals surface area contributed by atoms with Gasteiger partial charge in [0.2, 0.25) is 0 Å². The fraction of sp³-hybridized carbons (Fsp3) is 0.632. The molecule has 2 fully saturated rings. The van der Waals surface area contributed by atoms with Crippen molar-refractivity contribution in [1.82, 2.24) is 4.90 Å². The van der Waals surface area contributed by atoms with E-state index in [-0.39, 0.29) is 19.4 Å². The van der Waals surface area contributed by atoms with Gasteiger partial charge in [0, 0.05) is 19.0 Å². The van der Waals surface area contributed by atoms with Crippen LogP contribution in [0.5, 0.6) is 0 Å². The molecular formula is C19H29NO3. The molecule has 1 aliphatic heterocycles. The fourth-order valence-corrected chi connectivity index (χ4v) is 3.79. The van der Waals surface area contributed by atoms with Crippen LogP contribution in [-0.2, 0) is 15.1 Å². The van der Waals surface area contributed by atoms with E-state index in [2.05, 4.69) is 4.90 Å². The lowest BCUT2D eigenvalue weighted by Gasteiger charge is -2.33. The number of esters is 1. The summed E-state index contributed by atoms with van der Waals surface area (Å²) in [6.07, 6.45) is 4.64. The van der Waals surface area contributed by atoms with E-state index >= 15 is 0 Å². The molecule has 0 spiro atoms. The Hall–Kier alpha value is -1.39. The number of hydrogen-bond acceptors (Lipinski definition) is 4. The minimum atomic E-state index is -1.50. The summed E-state index contributed by atoms with van der Waals surface area (Å²) in [5, 5.41) is 11.3. The molecule has 0 radical (unpaired) electrons. The summed E-state index contributed by atoms with van der Waals surface area (Å²) in [7, 11) is 2.02. The van der Waals surface area contributed by atoms with Crippen LogP contribution in [0.25, 0.3) is 0 Å². The molecule has 23 heavy (non-hydrogen) atoms. The van der Waals surface area contributed by atoms with Crippen LogP contribution in [0.1, 0.15) is 45.1 Å². The number of rotatable bonds is 4. The number of nitrogens with zero attached hydrogens (tertiary/aromatic N) is 1. The largest absolute Gasteiger partial charge is 0.459 e. The highest BCUT2D eigenvalue weighted by Gasteiger charge is 2.48. The van der Waals surface area contributed by atoms with Crippen LogP contribution in [0.15, 0.2) is 30.3 Å². The van der Waals surface area contributed by atoms with Crippen LogP contribution >= 0.6 is 0 Å². The molecule has 4 nitrogen and oxygen atoms in total. The van der Waals surface area contributed by atoms with Crippen molar-refractivity contribution in [3.63, 3.8) is 0 Å². The second-order valence-corrected chi connectivity index (χ2v) is 6.69. The van der Waals surface area contributed by atoms with E-state index in [1.54, 1.807) is 0 Å². The van der Waals surface area contributed by atoms with Crippen LogP contribution in [0.2, 0.25) is 0 Å². The molecule has 0 aromatic heterocycles. The predicted octanol–water partition coefficient (Wildman–Crippen LogP) is 2.95. The monoisotopic (exact) mass is 319 g/mol. The lowest BCUT2D eigenvalue weighted by atomic mass is 9.80. The normalized spacial score (nSPS) is 24.9. The van der Waals surface area contributed by atoms with Crippen molar-refractivity contribution in [3.05, 3.63) is 35.9 Å². The van der Waals surface area contributed by atoms with Gasteiger partial charge in [0.25, 0.3) is 0 Å². The van der Waals surface area contributed by atoms with Crippen LogP contribution in [-0.4, -0.2) is 42.2 Å². The Morgan fingerprint density at radius 2 is 1.87 bits per heavy atom. The van der Waals surface area contributed by atoms with E-state index in [0.717, 1.165) is 45.2 Å². The van der Waals surface area contributed by atoms with Crippen LogP contribution in [0, 0.1) is 5.92 Å². The Kier molecular flexibility index (Phi) is 5.82. The minimum absolute atomic E-state index is 0. The Labute approximate surface area is 139 Å². The lowest BCUT2D eigenvalue weighted by molar-refractivity contribution is -0.178. The first-order valence-corrected chi connectivity index (χ1v) is 8.28. The van der Waals surface area contributed by atoms with Crippen molar-refractivity contribution in [2.24, 2.45) is 5.92 Å². The number of benzene rings is 1. The highest BCUT2D eigenvalue weighted by atomic mass is 16.6. The molecule has 0 amide bonds. The van der Waals surface area contributed by atoms with E-state index in [4.69, 9.17) is 4.74 Å². The molecule has 1 aromatic carbocycles. The maximum Gasteiger partial charge on any atom is 0.343 e. The van der Waals surface area contributed by atoms with E-state index < -0.39 is 11.6 Å². The minimum Gasteiger partial charge on any atom is -0.459 e. The highest BCUT2D eigenvalue weighted by Crippen LogP contribution is 2.41. The third kappa shape index (κ3) is 3.59. The Balaban J connectivity index is 0.00000192. The van der Waals surface area contributed by atoms with Gasteiger partial charge >= 0.3 is 5.97 Å². The van der Waals surface area contributed by atoms with Crippen molar-refractivity contribution in [2.75, 3.05) is 20.1 Å². The number of carbonyl (C=O) groups is 1. The number of likely N-dealkylation sites (tertiary alicyclic amines) is 1. The Bertz CT molecular complexity index is 513. The maximum atomic E-state index is 12.8. The first-order chi connectivity index (χ1) is 10.6. The molecule has 1 unspecified atom stereocenters. The zero-order valence-electron chi connectivity index (χ0n) is 13.2. The standard InChI is InChI=1S/C18H25NO3.CH4/c1-19-12-11-16(13-19)22-17(20)18(21,15-9-5-6-10-15)14-7-3-2-4-8-14;/h2-4,7-8,15-16,21H,5-6,9-13H2,1H3;1H4/t16?,18-;/m0./s1. The zero-order valence-corrected chi connectivity index (χ0v) is 13.2. The van der Waals surface area contributed by atoms with E-state index in [9.17, 15) is 9.90 Å². The smallest absolute Gasteiger partial charge is 0.343 e. The van der Waals surface area contributed by atoms with Gasteiger partial charge in [-0.2, -0.15) is 0 Å². The van der Waals surface area contributed by atoms with Gasteiger partial charge in [0.15, 0.2) is 5.60 Å². The van der Waals surface area contributed by atoms with Gasteiger partial charge in [0.05, 0.1) is 0 Å². The number of aliphatic hydroxyl groups is 1. The molecule has 2 atom stereocenters. The van der Waals surface area contributed by atoms with Gasteiger partial charge in [-0.05, 0) is 31.9 Å². The Morgan fingerprint density at radius 3 is 2.43 bits per heavy atom. The molecule has 1 aliphatic carbocycles. The van der Waals surface area contributed by atoms with Gasteiger partial charge in [-0.25, -0.2) is 4.79 Å². The van der Waals surface area contributed by atoms with Gasteiger partial charge in [-0.3, -0.25) is 0 Å². The van der Waals surface area contributed by atoms with E-state index in [1.165, 1.54) is 0 Å². The van der Waals surface area contributed by atoms with E-state index in [0.29, 0.717) is 5.56 Å². The third-order valence-corrected chi connectivity index (χ3v) is 5.09. The summed E-state index contributed by atoms with van der Waals surface area (Å²) in [6, 6.07) is 9.30. The number of hydrogen-bond donors (Lipinski definition) is 1. The lowest BCUT2D eigenvalue weighted by Crippen LogP contribution is -2.45. The molecule has 4 heteroatoms. The summed E-state index contributed by atoms with van der Waals surface area (Å²) in [4.78, 5) is 15.0. The second-order valence-electron chi connectivity index (χ2n) is 6.69. The van der Waals surface area contributed by atoms with Crippen LogP contribution in [0.4, 0.5) is 0 Å². The SMILES string of the molecule is C.CN1CCC(OC(=O)[C@](O)(c2ccccc2)C2CCCC2)C1. The maximum absolute atomic E-state index is 12.8. The van der Waals surface area contributed by atoms with Crippen molar-refractivity contribution in [1.29, 1.82) is 0 Å². The van der Waals surface area contributed by atoms with Crippen molar-refractivity contribution >= 4 is 5.97 Å². The van der Waals surface area contributed by atoms with Crippen LogP contribution < -0.4 is 0 Å². The average molecular weight is 319 g/mol. The van der Waals surface area contributed by atoms with Crippen molar-refractivity contribution in [3.8, 4) is 0 Å². The summed E-state index contributed by atoms with van der Waals surface area (Å²) in [5.41, 5.74) is -0.836. The molecule has 2 aliphatic rings.